The van der Waals surface area contributed by atoms with Gasteiger partial charge in [-0.15, -0.1) is 0 Å². The summed E-state index contributed by atoms with van der Waals surface area (Å²) in [5.41, 5.74) is 0.577. The molecule has 7 heteroatoms. The number of Topliss-reactive ketones (excluding diaryl/α,β-unsaturated/α-hetero) is 1. The maximum atomic E-state index is 13.3. The van der Waals surface area contributed by atoms with E-state index in [-0.39, 0.29) is 11.7 Å². The van der Waals surface area contributed by atoms with Gasteiger partial charge >= 0.3 is 0 Å². The predicted octanol–water partition coefficient (Wildman–Crippen LogP) is 4.91. The molecule has 1 amide bonds. The minimum Gasteiger partial charge on any atom is -0.497 e. The lowest BCUT2D eigenvalue weighted by molar-refractivity contribution is -0.00582. The second-order valence-corrected chi connectivity index (χ2v) is 8.84. The minimum atomic E-state index is -0.583. The zero-order valence-corrected chi connectivity index (χ0v) is 20.2. The number of ether oxygens (including phenoxy) is 4. The van der Waals surface area contributed by atoms with Gasteiger partial charge in [0.2, 0.25) is 0 Å². The maximum absolute atomic E-state index is 13.3. The molecule has 182 valence electrons. The van der Waals surface area contributed by atoms with Gasteiger partial charge in [0.05, 0.1) is 32.3 Å². The van der Waals surface area contributed by atoms with Gasteiger partial charge in [0.1, 0.15) is 17.1 Å². The molecular formula is C27H33NO6. The molecule has 0 radical (unpaired) electrons. The van der Waals surface area contributed by atoms with Gasteiger partial charge in [-0.1, -0.05) is 13.3 Å². The molecule has 0 aliphatic carbocycles. The van der Waals surface area contributed by atoms with E-state index < -0.39 is 5.60 Å². The monoisotopic (exact) mass is 467 g/mol. The van der Waals surface area contributed by atoms with Gasteiger partial charge in [-0.05, 0) is 43.7 Å². The van der Waals surface area contributed by atoms with E-state index in [1.807, 2.05) is 17.9 Å². The van der Waals surface area contributed by atoms with E-state index in [0.29, 0.717) is 79.7 Å². The average molecular weight is 468 g/mol. The number of piperidine rings is 1. The molecule has 7 nitrogen and oxygen atoms in total. The second kappa shape index (κ2) is 10.4. The minimum absolute atomic E-state index is 0.0554. The second-order valence-electron chi connectivity index (χ2n) is 8.84. The van der Waals surface area contributed by atoms with Gasteiger partial charge in [-0.2, -0.15) is 0 Å². The van der Waals surface area contributed by atoms with E-state index in [1.54, 1.807) is 37.4 Å². The van der Waals surface area contributed by atoms with Crippen LogP contribution in [0.25, 0.3) is 0 Å². The number of nitrogens with zero attached hydrogens (tertiary/aromatic N) is 1. The first-order valence-electron chi connectivity index (χ1n) is 12.1. The lowest BCUT2D eigenvalue weighted by Gasteiger charge is -2.44. The summed E-state index contributed by atoms with van der Waals surface area (Å²) in [5, 5.41) is 0. The van der Waals surface area contributed by atoms with Crippen molar-refractivity contribution in [2.24, 2.45) is 0 Å². The molecule has 0 saturated carbocycles. The number of benzene rings is 2. The standard InChI is InChI=1S/C27H33NO6/c1-4-6-15-33-23-10-7-19(16-25(23)32-5-2)26(30)28-13-11-27(12-14-28)18-22(29)21-9-8-20(31-3)17-24(21)34-27/h7-10,16-17H,4-6,11-15,18H2,1-3H3. The van der Waals surface area contributed by atoms with Crippen LogP contribution in [-0.4, -0.2) is 55.6 Å². The lowest BCUT2D eigenvalue weighted by atomic mass is 9.82. The van der Waals surface area contributed by atoms with E-state index in [4.69, 9.17) is 18.9 Å². The highest BCUT2D eigenvalue weighted by atomic mass is 16.5. The summed E-state index contributed by atoms with van der Waals surface area (Å²) < 4.78 is 23.2. The number of unbranched alkanes of at least 4 members (excludes halogenated alkanes) is 1. The quantitative estimate of drug-likeness (QED) is 0.514. The Morgan fingerprint density at radius 2 is 1.85 bits per heavy atom. The van der Waals surface area contributed by atoms with Gasteiger partial charge in [0.15, 0.2) is 17.3 Å². The van der Waals surface area contributed by atoms with Crippen molar-refractivity contribution in [3.8, 4) is 23.0 Å². The molecule has 2 aliphatic rings. The molecule has 2 heterocycles. The van der Waals surface area contributed by atoms with Crippen LogP contribution in [0.1, 0.15) is 66.7 Å². The molecule has 34 heavy (non-hydrogen) atoms. The summed E-state index contributed by atoms with van der Waals surface area (Å²) in [7, 11) is 1.59. The Morgan fingerprint density at radius 3 is 2.56 bits per heavy atom. The van der Waals surface area contributed by atoms with Crippen LogP contribution in [0.3, 0.4) is 0 Å². The van der Waals surface area contributed by atoms with Crippen molar-refractivity contribution in [3.63, 3.8) is 0 Å². The van der Waals surface area contributed by atoms with Crippen LogP contribution in [0.15, 0.2) is 36.4 Å². The number of hydrogen-bond acceptors (Lipinski definition) is 6. The zero-order chi connectivity index (χ0) is 24.1. The molecule has 0 atom stereocenters. The van der Waals surface area contributed by atoms with E-state index >= 15 is 0 Å². The third-order valence-corrected chi connectivity index (χ3v) is 6.51. The Hall–Kier alpha value is -3.22. The van der Waals surface area contributed by atoms with Crippen molar-refractivity contribution < 1.29 is 28.5 Å². The fraction of sp³-hybridized carbons (Fsp3) is 0.481. The molecule has 1 fully saturated rings. The van der Waals surface area contributed by atoms with E-state index in [2.05, 4.69) is 6.92 Å². The smallest absolute Gasteiger partial charge is 0.253 e. The van der Waals surface area contributed by atoms with Crippen LogP contribution in [0, 0.1) is 0 Å². The maximum Gasteiger partial charge on any atom is 0.253 e. The van der Waals surface area contributed by atoms with Gasteiger partial charge < -0.3 is 23.8 Å². The molecule has 0 N–H and O–H groups in total. The molecule has 0 aromatic heterocycles. The van der Waals surface area contributed by atoms with Crippen molar-refractivity contribution >= 4 is 11.7 Å². The average Bonchev–Trinajstić information content (AvgIpc) is 2.85. The summed E-state index contributed by atoms with van der Waals surface area (Å²) in [6.45, 7) is 6.17. The largest absolute Gasteiger partial charge is 0.497 e. The number of methoxy groups -OCH3 is 1. The first kappa shape index (κ1) is 23.9. The summed E-state index contributed by atoms with van der Waals surface area (Å²) in [6, 6.07) is 10.7. The Morgan fingerprint density at radius 1 is 1.06 bits per heavy atom. The van der Waals surface area contributed by atoms with Crippen LogP contribution in [0.5, 0.6) is 23.0 Å². The molecule has 4 rings (SSSR count). The Labute approximate surface area is 200 Å². The van der Waals surface area contributed by atoms with Gasteiger partial charge in [-0.3, -0.25) is 9.59 Å². The molecule has 0 unspecified atom stereocenters. The molecule has 0 bridgehead atoms. The van der Waals surface area contributed by atoms with Crippen molar-refractivity contribution in [1.29, 1.82) is 0 Å². The Balaban J connectivity index is 1.44. The zero-order valence-electron chi connectivity index (χ0n) is 20.2. The lowest BCUT2D eigenvalue weighted by Crippen LogP contribution is -2.52. The van der Waals surface area contributed by atoms with E-state index in [0.717, 1.165) is 12.8 Å². The van der Waals surface area contributed by atoms with Gasteiger partial charge in [0, 0.05) is 37.6 Å². The van der Waals surface area contributed by atoms with Crippen LogP contribution in [0.2, 0.25) is 0 Å². The third-order valence-electron chi connectivity index (χ3n) is 6.51. The molecule has 1 saturated heterocycles. The topological polar surface area (TPSA) is 74.3 Å². The molecule has 2 aliphatic heterocycles. The van der Waals surface area contributed by atoms with E-state index in [9.17, 15) is 9.59 Å². The van der Waals surface area contributed by atoms with Crippen molar-refractivity contribution in [2.75, 3.05) is 33.4 Å². The van der Waals surface area contributed by atoms with Crippen LogP contribution >= 0.6 is 0 Å². The number of ketones is 1. The van der Waals surface area contributed by atoms with Crippen LogP contribution in [-0.2, 0) is 0 Å². The van der Waals surface area contributed by atoms with Gasteiger partial charge in [0.25, 0.3) is 5.91 Å². The number of hydrogen-bond donors (Lipinski definition) is 0. The van der Waals surface area contributed by atoms with E-state index in [1.165, 1.54) is 0 Å². The number of amides is 1. The fourth-order valence-electron chi connectivity index (χ4n) is 4.54. The number of carbonyl (C=O) groups is 2. The van der Waals surface area contributed by atoms with Crippen LogP contribution in [0.4, 0.5) is 0 Å². The Kier molecular flexibility index (Phi) is 7.29. The molecule has 2 aromatic rings. The fourth-order valence-corrected chi connectivity index (χ4v) is 4.54. The summed E-state index contributed by atoms with van der Waals surface area (Å²) in [4.78, 5) is 27.9. The third kappa shape index (κ3) is 4.98. The summed E-state index contributed by atoms with van der Waals surface area (Å²) in [6.07, 6.45) is 3.52. The normalized spacial score (nSPS) is 16.6. The Bertz CT molecular complexity index is 1040. The first-order valence-corrected chi connectivity index (χ1v) is 12.1. The summed E-state index contributed by atoms with van der Waals surface area (Å²) in [5.74, 6) is 2.49. The number of likely N-dealkylation sites (tertiary alicyclic amines) is 1. The van der Waals surface area contributed by atoms with Crippen molar-refractivity contribution in [1.82, 2.24) is 4.90 Å². The SMILES string of the molecule is CCCCOc1ccc(C(=O)N2CCC3(CC2)CC(=O)c2ccc(OC)cc2O3)cc1OCC. The van der Waals surface area contributed by atoms with Crippen molar-refractivity contribution in [3.05, 3.63) is 47.5 Å². The highest BCUT2D eigenvalue weighted by Gasteiger charge is 2.44. The molecular weight excluding hydrogens is 434 g/mol. The number of carbonyl (C=O) groups excluding carboxylic acids is 2. The van der Waals surface area contributed by atoms with Gasteiger partial charge in [-0.25, -0.2) is 0 Å². The first-order chi connectivity index (χ1) is 16.5. The number of fused-ring (bicyclic) bond motifs is 1. The van der Waals surface area contributed by atoms with Crippen LogP contribution < -0.4 is 18.9 Å². The predicted molar refractivity (Wildman–Crippen MR) is 128 cm³/mol. The molecule has 2 aromatic carbocycles. The summed E-state index contributed by atoms with van der Waals surface area (Å²) >= 11 is 0. The highest BCUT2D eigenvalue weighted by molar-refractivity contribution is 6.00. The molecule has 1 spiro atoms. The highest BCUT2D eigenvalue weighted by Crippen LogP contribution is 2.41. The number of rotatable bonds is 8. The van der Waals surface area contributed by atoms with Crippen molar-refractivity contribution in [2.45, 2.75) is 51.6 Å².